The molecular weight excluding hydrogens is 236 g/mol. The molecule has 1 atom stereocenters. The minimum Gasteiger partial charge on any atom is -0.308 e. The first-order valence-corrected chi connectivity index (χ1v) is 7.40. The molecule has 0 aliphatic heterocycles. The summed E-state index contributed by atoms with van der Waals surface area (Å²) in [5.74, 6) is 1.17. The summed E-state index contributed by atoms with van der Waals surface area (Å²) < 4.78 is 0. The van der Waals surface area contributed by atoms with Crippen molar-refractivity contribution in [2.45, 2.75) is 32.2 Å². The van der Waals surface area contributed by atoms with Crippen molar-refractivity contribution in [1.29, 1.82) is 5.26 Å². The van der Waals surface area contributed by atoms with E-state index in [-0.39, 0.29) is 5.54 Å². The smallest absolute Gasteiger partial charge is 0.122 e. The van der Waals surface area contributed by atoms with Gasteiger partial charge in [-0.15, -0.1) is 0 Å². The lowest BCUT2D eigenvalue weighted by molar-refractivity contribution is 0.170. The molecule has 0 aromatic heterocycles. The number of nitrogens with one attached hydrogen (secondary N) is 1. The summed E-state index contributed by atoms with van der Waals surface area (Å²) >= 11 is 0. The molecule has 1 rings (SSSR count). The Balaban J connectivity index is 2.65. The van der Waals surface area contributed by atoms with E-state index in [2.05, 4.69) is 49.1 Å². The summed E-state index contributed by atoms with van der Waals surface area (Å²) in [5.41, 5.74) is -0.346. The summed E-state index contributed by atoms with van der Waals surface area (Å²) in [6, 6.07) is 2.55. The molecule has 0 aromatic rings. The number of hydrogen-bond acceptors (Lipinski definition) is 4. The first-order chi connectivity index (χ1) is 8.93. The maximum absolute atomic E-state index is 9.60. The number of nitriles is 1. The van der Waals surface area contributed by atoms with Gasteiger partial charge in [-0.3, -0.25) is 4.90 Å². The molecule has 110 valence electrons. The molecule has 0 spiro atoms. The largest absolute Gasteiger partial charge is 0.308 e. The lowest BCUT2D eigenvalue weighted by Gasteiger charge is -2.34. The first kappa shape index (κ1) is 16.4. The standard InChI is InChI=1S/C15H30N4/c1-13(2)10-19(9-8-18(4)5)12-15(11-16,17-3)14-6-7-14/h13-14,17H,6-10,12H2,1-5H3. The highest BCUT2D eigenvalue weighted by atomic mass is 15.2. The second kappa shape index (κ2) is 7.23. The quantitative estimate of drug-likeness (QED) is 0.685. The molecule has 0 bridgehead atoms. The van der Waals surface area contributed by atoms with Gasteiger partial charge in [0.15, 0.2) is 0 Å². The van der Waals surface area contributed by atoms with Crippen LogP contribution < -0.4 is 5.32 Å². The van der Waals surface area contributed by atoms with Crippen molar-refractivity contribution < 1.29 is 0 Å². The Morgan fingerprint density at radius 3 is 2.32 bits per heavy atom. The lowest BCUT2D eigenvalue weighted by atomic mass is 9.94. The summed E-state index contributed by atoms with van der Waals surface area (Å²) in [6.45, 7) is 8.47. The van der Waals surface area contributed by atoms with Gasteiger partial charge in [0.2, 0.25) is 0 Å². The summed E-state index contributed by atoms with van der Waals surface area (Å²) in [4.78, 5) is 4.65. The molecule has 0 saturated heterocycles. The maximum atomic E-state index is 9.60. The van der Waals surface area contributed by atoms with Gasteiger partial charge in [-0.1, -0.05) is 13.8 Å². The van der Waals surface area contributed by atoms with Crippen LogP contribution in [0.15, 0.2) is 0 Å². The van der Waals surface area contributed by atoms with Gasteiger partial charge in [-0.25, -0.2) is 0 Å². The molecule has 4 heteroatoms. The van der Waals surface area contributed by atoms with Crippen molar-refractivity contribution in [3.63, 3.8) is 0 Å². The molecule has 0 radical (unpaired) electrons. The van der Waals surface area contributed by atoms with Crippen molar-refractivity contribution in [1.82, 2.24) is 15.1 Å². The predicted molar refractivity (Wildman–Crippen MR) is 80.0 cm³/mol. The van der Waals surface area contributed by atoms with Gasteiger partial charge >= 0.3 is 0 Å². The highest BCUT2D eigenvalue weighted by Gasteiger charge is 2.45. The number of rotatable bonds is 9. The molecule has 4 nitrogen and oxygen atoms in total. The average Bonchev–Trinajstić information content (AvgIpc) is 3.16. The van der Waals surface area contributed by atoms with E-state index in [1.807, 2.05) is 7.05 Å². The van der Waals surface area contributed by atoms with Crippen LogP contribution in [-0.2, 0) is 0 Å². The Bertz CT molecular complexity index is 304. The van der Waals surface area contributed by atoms with Crippen LogP contribution in [-0.4, -0.2) is 62.7 Å². The molecule has 1 aliphatic carbocycles. The lowest BCUT2D eigenvalue weighted by Crippen LogP contribution is -2.54. The van der Waals surface area contributed by atoms with Crippen molar-refractivity contribution in [3.8, 4) is 6.07 Å². The van der Waals surface area contributed by atoms with E-state index in [0.29, 0.717) is 11.8 Å². The summed E-state index contributed by atoms with van der Waals surface area (Å²) in [6.07, 6.45) is 2.38. The Morgan fingerprint density at radius 2 is 1.95 bits per heavy atom. The van der Waals surface area contributed by atoms with Gasteiger partial charge in [0, 0.05) is 26.2 Å². The highest BCUT2D eigenvalue weighted by Crippen LogP contribution is 2.39. The second-order valence-electron chi connectivity index (χ2n) is 6.54. The zero-order valence-corrected chi connectivity index (χ0v) is 13.2. The van der Waals surface area contributed by atoms with Gasteiger partial charge in [-0.2, -0.15) is 5.26 Å². The fourth-order valence-electron chi connectivity index (χ4n) is 2.62. The highest BCUT2D eigenvalue weighted by molar-refractivity contribution is 5.16. The Kier molecular flexibility index (Phi) is 6.25. The van der Waals surface area contributed by atoms with E-state index in [0.717, 1.165) is 26.2 Å². The maximum Gasteiger partial charge on any atom is 0.122 e. The SMILES string of the molecule is CNC(C#N)(CN(CCN(C)C)CC(C)C)C1CC1. The van der Waals surface area contributed by atoms with Crippen LogP contribution >= 0.6 is 0 Å². The Labute approximate surface area is 118 Å². The van der Waals surface area contributed by atoms with E-state index in [1.165, 1.54) is 12.8 Å². The van der Waals surface area contributed by atoms with Gasteiger partial charge < -0.3 is 10.2 Å². The van der Waals surface area contributed by atoms with E-state index in [4.69, 9.17) is 0 Å². The molecule has 0 heterocycles. The molecule has 0 aromatic carbocycles. The van der Waals surface area contributed by atoms with E-state index in [9.17, 15) is 5.26 Å². The van der Waals surface area contributed by atoms with Gasteiger partial charge in [-0.05, 0) is 45.8 Å². The van der Waals surface area contributed by atoms with Crippen LogP contribution in [0.2, 0.25) is 0 Å². The predicted octanol–water partition coefficient (Wildman–Crippen LogP) is 1.40. The van der Waals surface area contributed by atoms with Crippen LogP contribution in [0.5, 0.6) is 0 Å². The van der Waals surface area contributed by atoms with Crippen LogP contribution in [0.4, 0.5) is 0 Å². The van der Waals surface area contributed by atoms with Gasteiger partial charge in [0.1, 0.15) is 5.54 Å². The Hall–Kier alpha value is -0.630. The molecule has 19 heavy (non-hydrogen) atoms. The zero-order valence-electron chi connectivity index (χ0n) is 13.2. The normalized spacial score (nSPS) is 18.9. The number of likely N-dealkylation sites (N-methyl/N-ethyl adjacent to an activating group) is 2. The van der Waals surface area contributed by atoms with Crippen molar-refractivity contribution in [3.05, 3.63) is 0 Å². The molecular formula is C15H30N4. The first-order valence-electron chi connectivity index (χ1n) is 7.40. The Morgan fingerprint density at radius 1 is 1.32 bits per heavy atom. The molecule has 1 fully saturated rings. The van der Waals surface area contributed by atoms with Crippen molar-refractivity contribution >= 4 is 0 Å². The van der Waals surface area contributed by atoms with Crippen molar-refractivity contribution in [2.75, 3.05) is 47.3 Å². The third-order valence-electron chi connectivity index (χ3n) is 3.88. The van der Waals surface area contributed by atoms with Crippen LogP contribution in [0.1, 0.15) is 26.7 Å². The van der Waals surface area contributed by atoms with Crippen LogP contribution in [0.25, 0.3) is 0 Å². The monoisotopic (exact) mass is 266 g/mol. The molecule has 1 saturated carbocycles. The zero-order chi connectivity index (χ0) is 14.5. The average molecular weight is 266 g/mol. The number of nitrogens with zero attached hydrogens (tertiary/aromatic N) is 3. The van der Waals surface area contributed by atoms with Crippen molar-refractivity contribution in [2.24, 2.45) is 11.8 Å². The van der Waals surface area contributed by atoms with Gasteiger partial charge in [0.25, 0.3) is 0 Å². The van der Waals surface area contributed by atoms with E-state index in [1.54, 1.807) is 0 Å². The summed E-state index contributed by atoms with van der Waals surface area (Å²) in [5, 5.41) is 12.9. The molecule has 1 aliphatic rings. The fraction of sp³-hybridized carbons (Fsp3) is 0.933. The molecule has 1 N–H and O–H groups in total. The minimum atomic E-state index is -0.346. The van der Waals surface area contributed by atoms with E-state index >= 15 is 0 Å². The fourth-order valence-corrected chi connectivity index (χ4v) is 2.62. The molecule has 1 unspecified atom stereocenters. The topological polar surface area (TPSA) is 42.3 Å². The van der Waals surface area contributed by atoms with Crippen LogP contribution in [0.3, 0.4) is 0 Å². The summed E-state index contributed by atoms with van der Waals surface area (Å²) in [7, 11) is 6.13. The third-order valence-corrected chi connectivity index (χ3v) is 3.88. The van der Waals surface area contributed by atoms with Crippen LogP contribution in [0, 0.1) is 23.2 Å². The molecule has 0 amide bonds. The minimum absolute atomic E-state index is 0.346. The number of hydrogen-bond donors (Lipinski definition) is 1. The van der Waals surface area contributed by atoms with E-state index < -0.39 is 0 Å². The second-order valence-corrected chi connectivity index (χ2v) is 6.54. The van der Waals surface area contributed by atoms with Gasteiger partial charge in [0.05, 0.1) is 6.07 Å². The third kappa shape index (κ3) is 5.10.